The molecule has 2 aromatic rings. The Hall–Kier alpha value is -2.30. The number of rotatable bonds is 10. The molecule has 33 heavy (non-hydrogen) atoms. The van der Waals surface area contributed by atoms with E-state index < -0.39 is 17.3 Å². The molecule has 0 aromatic heterocycles. The highest BCUT2D eigenvalue weighted by atomic mass is 32.2. The molecule has 0 spiro atoms. The molecular weight excluding hydrogens is 460 g/mol. The lowest BCUT2D eigenvalue weighted by Gasteiger charge is -2.22. The Morgan fingerprint density at radius 1 is 1.09 bits per heavy atom. The standard InChI is InChI=1S/C23H26F4N2O3S/c1-22(28,14-30)21-29-13-20(33-21)15-4-9-19(18(12-15)23(25,26)27)32-11-3-2-10-31-17-7-5-16(24)6-8-17/h4-9,12,20,30H,2-3,10-11,13-14,28H2,1H3/t20?,22-/m0/s1. The zero-order valence-corrected chi connectivity index (χ0v) is 18.9. The zero-order chi connectivity index (χ0) is 24.1. The maximum Gasteiger partial charge on any atom is 0.419 e. The highest BCUT2D eigenvalue weighted by Crippen LogP contribution is 2.43. The molecule has 1 aliphatic rings. The number of aliphatic imine (C=N–C) groups is 1. The zero-order valence-electron chi connectivity index (χ0n) is 18.1. The van der Waals surface area contributed by atoms with Crippen molar-refractivity contribution in [2.45, 2.75) is 36.7 Å². The third kappa shape index (κ3) is 6.84. The molecule has 0 saturated heterocycles. The van der Waals surface area contributed by atoms with Crippen LogP contribution in [0.15, 0.2) is 47.5 Å². The van der Waals surface area contributed by atoms with Crippen LogP contribution in [0.2, 0.25) is 0 Å². The first-order valence-corrected chi connectivity index (χ1v) is 11.3. The van der Waals surface area contributed by atoms with Crippen LogP contribution in [-0.4, -0.2) is 42.1 Å². The van der Waals surface area contributed by atoms with Crippen LogP contribution in [0.25, 0.3) is 0 Å². The van der Waals surface area contributed by atoms with Crippen LogP contribution in [0.1, 0.15) is 36.1 Å². The van der Waals surface area contributed by atoms with Crippen LogP contribution in [0.4, 0.5) is 17.6 Å². The fraction of sp³-hybridized carbons (Fsp3) is 0.435. The van der Waals surface area contributed by atoms with Gasteiger partial charge in [-0.3, -0.25) is 4.99 Å². The number of hydrogen-bond acceptors (Lipinski definition) is 6. The number of halogens is 4. The van der Waals surface area contributed by atoms with Gasteiger partial charge in [0.1, 0.15) is 17.3 Å². The van der Waals surface area contributed by atoms with Gasteiger partial charge in [-0.15, -0.1) is 0 Å². The number of ether oxygens (including phenoxy) is 2. The molecule has 1 heterocycles. The molecule has 3 N–H and O–H groups in total. The van der Waals surface area contributed by atoms with E-state index in [2.05, 4.69) is 4.99 Å². The van der Waals surface area contributed by atoms with E-state index in [0.717, 1.165) is 6.07 Å². The molecule has 2 aromatic carbocycles. The third-order valence-corrected chi connectivity index (χ3v) is 6.56. The monoisotopic (exact) mass is 486 g/mol. The summed E-state index contributed by atoms with van der Waals surface area (Å²) in [5, 5.41) is 9.61. The van der Waals surface area contributed by atoms with E-state index in [-0.39, 0.29) is 30.0 Å². The predicted molar refractivity (Wildman–Crippen MR) is 120 cm³/mol. The molecular formula is C23H26F4N2O3S. The summed E-state index contributed by atoms with van der Waals surface area (Å²) in [4.78, 5) is 4.31. The van der Waals surface area contributed by atoms with Crippen LogP contribution in [0.5, 0.6) is 11.5 Å². The maximum absolute atomic E-state index is 13.7. The Kier molecular flexibility index (Phi) is 8.25. The Morgan fingerprint density at radius 2 is 1.76 bits per heavy atom. The average molecular weight is 487 g/mol. The van der Waals surface area contributed by atoms with Crippen LogP contribution in [0, 0.1) is 5.82 Å². The number of nitrogens with zero attached hydrogens (tertiary/aromatic N) is 1. The molecule has 2 atom stereocenters. The Bertz CT molecular complexity index is 965. The van der Waals surface area contributed by atoms with E-state index in [9.17, 15) is 22.7 Å². The molecule has 0 fully saturated rings. The van der Waals surface area contributed by atoms with Gasteiger partial charge < -0.3 is 20.3 Å². The minimum Gasteiger partial charge on any atom is -0.494 e. The van der Waals surface area contributed by atoms with Crippen molar-refractivity contribution >= 4 is 16.8 Å². The quantitative estimate of drug-likeness (QED) is 0.366. The largest absolute Gasteiger partial charge is 0.494 e. The summed E-state index contributed by atoms with van der Waals surface area (Å²) in [6.45, 7) is 2.06. The van der Waals surface area contributed by atoms with Crippen molar-refractivity contribution in [3.05, 3.63) is 59.4 Å². The molecule has 5 nitrogen and oxygen atoms in total. The number of aliphatic hydroxyl groups excluding tert-OH is 1. The predicted octanol–water partition coefficient (Wildman–Crippen LogP) is 4.98. The highest BCUT2D eigenvalue weighted by molar-refractivity contribution is 8.14. The van der Waals surface area contributed by atoms with Crippen molar-refractivity contribution in [1.82, 2.24) is 0 Å². The Balaban J connectivity index is 1.55. The molecule has 0 aliphatic carbocycles. The summed E-state index contributed by atoms with van der Waals surface area (Å²) < 4.78 is 64.8. The van der Waals surface area contributed by atoms with Crippen molar-refractivity contribution < 1.29 is 32.1 Å². The van der Waals surface area contributed by atoms with E-state index in [1.165, 1.54) is 42.1 Å². The first-order chi connectivity index (χ1) is 15.6. The second-order valence-corrected chi connectivity index (χ2v) is 9.13. The molecule has 1 unspecified atom stereocenters. The number of benzene rings is 2. The van der Waals surface area contributed by atoms with Crippen molar-refractivity contribution in [1.29, 1.82) is 0 Å². The summed E-state index contributed by atoms with van der Waals surface area (Å²) >= 11 is 1.27. The highest BCUT2D eigenvalue weighted by Gasteiger charge is 2.37. The molecule has 180 valence electrons. The summed E-state index contributed by atoms with van der Waals surface area (Å²) in [5.74, 6) is -0.0586. The van der Waals surface area contributed by atoms with Crippen molar-refractivity contribution in [3.8, 4) is 11.5 Å². The van der Waals surface area contributed by atoms with Crippen molar-refractivity contribution in [2.24, 2.45) is 10.7 Å². The first-order valence-electron chi connectivity index (χ1n) is 10.4. The van der Waals surface area contributed by atoms with Crippen molar-refractivity contribution in [2.75, 3.05) is 26.4 Å². The fourth-order valence-corrected chi connectivity index (χ4v) is 4.32. The smallest absolute Gasteiger partial charge is 0.419 e. The molecule has 0 bridgehead atoms. The van der Waals surface area contributed by atoms with Gasteiger partial charge >= 0.3 is 6.18 Å². The lowest BCUT2D eigenvalue weighted by atomic mass is 10.1. The summed E-state index contributed by atoms with van der Waals surface area (Å²) in [7, 11) is 0. The van der Waals surface area contributed by atoms with E-state index in [1.54, 1.807) is 13.0 Å². The number of thioether (sulfide) groups is 1. The molecule has 3 rings (SSSR count). The topological polar surface area (TPSA) is 77.1 Å². The van der Waals surface area contributed by atoms with Gasteiger partial charge in [0.15, 0.2) is 0 Å². The van der Waals surface area contributed by atoms with E-state index in [0.29, 0.717) is 42.3 Å². The van der Waals surface area contributed by atoms with E-state index >= 15 is 0 Å². The number of hydrogen-bond donors (Lipinski definition) is 2. The number of aliphatic hydroxyl groups is 1. The molecule has 10 heteroatoms. The van der Waals surface area contributed by atoms with Gasteiger partial charge in [0.25, 0.3) is 0 Å². The molecule has 0 saturated carbocycles. The van der Waals surface area contributed by atoms with E-state index in [4.69, 9.17) is 15.2 Å². The Morgan fingerprint density at radius 3 is 2.39 bits per heavy atom. The first kappa shape index (κ1) is 25.3. The van der Waals surface area contributed by atoms with Crippen LogP contribution >= 0.6 is 11.8 Å². The fourth-order valence-electron chi connectivity index (χ4n) is 3.13. The van der Waals surface area contributed by atoms with Crippen molar-refractivity contribution in [3.63, 3.8) is 0 Å². The normalized spacial score (nSPS) is 18.0. The van der Waals surface area contributed by atoms with Gasteiger partial charge in [-0.05, 0) is 61.7 Å². The minimum absolute atomic E-state index is 0.0999. The molecule has 0 amide bonds. The lowest BCUT2D eigenvalue weighted by molar-refractivity contribution is -0.139. The summed E-state index contributed by atoms with van der Waals surface area (Å²) in [6.07, 6.45) is -3.51. The van der Waals surface area contributed by atoms with Gasteiger partial charge in [0.05, 0.1) is 47.8 Å². The Labute approximate surface area is 194 Å². The minimum atomic E-state index is -4.57. The SMILES string of the molecule is C[C@](N)(CO)C1=NCC(c2ccc(OCCCCOc3ccc(F)cc3)c(C(F)(F)F)c2)S1. The lowest BCUT2D eigenvalue weighted by Crippen LogP contribution is -2.46. The second kappa shape index (κ2) is 10.8. The van der Waals surface area contributed by atoms with Gasteiger partial charge in [-0.25, -0.2) is 4.39 Å². The average Bonchev–Trinajstić information content (AvgIpc) is 3.28. The molecule has 0 radical (unpaired) electrons. The summed E-state index contributed by atoms with van der Waals surface area (Å²) in [6, 6.07) is 9.63. The van der Waals surface area contributed by atoms with Gasteiger partial charge in [0, 0.05) is 0 Å². The van der Waals surface area contributed by atoms with E-state index in [1.807, 2.05) is 0 Å². The van der Waals surface area contributed by atoms with Crippen LogP contribution in [0.3, 0.4) is 0 Å². The number of alkyl halides is 3. The summed E-state index contributed by atoms with van der Waals surface area (Å²) in [5.41, 5.74) is 4.60. The number of nitrogens with two attached hydrogens (primary N) is 1. The maximum atomic E-state index is 13.7. The molecule has 1 aliphatic heterocycles. The number of unbranched alkanes of at least 4 members (excludes halogenated alkanes) is 1. The van der Waals surface area contributed by atoms with Gasteiger partial charge in [-0.1, -0.05) is 17.8 Å². The third-order valence-electron chi connectivity index (χ3n) is 5.03. The van der Waals surface area contributed by atoms with Crippen LogP contribution in [-0.2, 0) is 6.18 Å². The second-order valence-electron chi connectivity index (χ2n) is 7.94. The van der Waals surface area contributed by atoms with Gasteiger partial charge in [-0.2, -0.15) is 13.2 Å². The van der Waals surface area contributed by atoms with Crippen LogP contribution < -0.4 is 15.2 Å². The van der Waals surface area contributed by atoms with Gasteiger partial charge in [0.2, 0.25) is 0 Å².